The van der Waals surface area contributed by atoms with Gasteiger partial charge in [0.15, 0.2) is 0 Å². The van der Waals surface area contributed by atoms with Gasteiger partial charge in [-0.15, -0.1) is 0 Å². The number of benzene rings is 1. The first-order valence-electron chi connectivity index (χ1n) is 4.37. The highest BCUT2D eigenvalue weighted by molar-refractivity contribution is 9.09. The van der Waals surface area contributed by atoms with Crippen LogP contribution in [-0.4, -0.2) is 30.3 Å². The summed E-state index contributed by atoms with van der Waals surface area (Å²) >= 11 is 9.05. The van der Waals surface area contributed by atoms with E-state index >= 15 is 0 Å². The van der Waals surface area contributed by atoms with Gasteiger partial charge in [-0.2, -0.15) is 0 Å². The second-order valence-electron chi connectivity index (χ2n) is 2.92. The molecule has 1 aromatic carbocycles. The molecule has 1 N–H and O–H groups in total. The van der Waals surface area contributed by atoms with Gasteiger partial charge in [-0.05, 0) is 12.1 Å². The molecular formula is C10H12BrClO3. The molecule has 3 nitrogen and oxygen atoms in total. The van der Waals surface area contributed by atoms with Crippen LogP contribution < -0.4 is 9.47 Å². The molecule has 0 aliphatic heterocycles. The van der Waals surface area contributed by atoms with E-state index in [-0.39, 0.29) is 6.61 Å². The molecule has 0 aromatic heterocycles. The van der Waals surface area contributed by atoms with E-state index < -0.39 is 6.10 Å². The van der Waals surface area contributed by atoms with Crippen molar-refractivity contribution in [2.24, 2.45) is 0 Å². The van der Waals surface area contributed by atoms with E-state index in [1.807, 2.05) is 0 Å². The number of hydrogen-bond donors (Lipinski definition) is 1. The van der Waals surface area contributed by atoms with E-state index in [1.165, 1.54) is 0 Å². The fraction of sp³-hybridized carbons (Fsp3) is 0.400. The van der Waals surface area contributed by atoms with E-state index in [0.717, 1.165) is 0 Å². The number of aliphatic hydroxyl groups excluding tert-OH is 1. The lowest BCUT2D eigenvalue weighted by molar-refractivity contribution is 0.127. The zero-order valence-corrected chi connectivity index (χ0v) is 10.6. The molecule has 0 amide bonds. The summed E-state index contributed by atoms with van der Waals surface area (Å²) in [5.41, 5.74) is 0. The van der Waals surface area contributed by atoms with Crippen molar-refractivity contribution in [1.29, 1.82) is 0 Å². The van der Waals surface area contributed by atoms with Crippen molar-refractivity contribution < 1.29 is 14.6 Å². The topological polar surface area (TPSA) is 38.7 Å². The predicted molar refractivity (Wildman–Crippen MR) is 63.3 cm³/mol. The summed E-state index contributed by atoms with van der Waals surface area (Å²) in [7, 11) is 1.55. The number of rotatable bonds is 5. The Morgan fingerprint density at radius 3 is 2.80 bits per heavy atom. The molecule has 0 bridgehead atoms. The first-order chi connectivity index (χ1) is 7.17. The van der Waals surface area contributed by atoms with Gasteiger partial charge in [-0.25, -0.2) is 0 Å². The molecule has 1 aromatic rings. The zero-order valence-electron chi connectivity index (χ0n) is 8.24. The Bertz CT molecular complexity index is 320. The molecule has 1 rings (SSSR count). The minimum Gasteiger partial charge on any atom is -0.495 e. The van der Waals surface area contributed by atoms with Gasteiger partial charge in [0.2, 0.25) is 0 Å². The van der Waals surface area contributed by atoms with E-state index in [2.05, 4.69) is 15.9 Å². The van der Waals surface area contributed by atoms with Gasteiger partial charge >= 0.3 is 0 Å². The number of methoxy groups -OCH3 is 1. The summed E-state index contributed by atoms with van der Waals surface area (Å²) in [6.07, 6.45) is -0.522. The van der Waals surface area contributed by atoms with Crippen LogP contribution in [0, 0.1) is 0 Å². The van der Waals surface area contributed by atoms with Crippen LogP contribution in [-0.2, 0) is 0 Å². The summed E-state index contributed by atoms with van der Waals surface area (Å²) < 4.78 is 10.3. The Morgan fingerprint density at radius 2 is 2.27 bits per heavy atom. The molecule has 5 heteroatoms. The van der Waals surface area contributed by atoms with Crippen LogP contribution in [0.2, 0.25) is 5.02 Å². The number of alkyl halides is 1. The lowest BCUT2D eigenvalue weighted by atomic mass is 10.3. The van der Waals surface area contributed by atoms with Crippen molar-refractivity contribution in [1.82, 2.24) is 0 Å². The van der Waals surface area contributed by atoms with E-state index in [0.29, 0.717) is 21.9 Å². The fourth-order valence-corrected chi connectivity index (χ4v) is 1.41. The smallest absolute Gasteiger partial charge is 0.137 e. The van der Waals surface area contributed by atoms with E-state index in [4.69, 9.17) is 21.1 Å². The molecule has 1 atom stereocenters. The Kier molecular flexibility index (Phi) is 5.22. The van der Waals surface area contributed by atoms with Gasteiger partial charge in [-0.1, -0.05) is 27.5 Å². The second kappa shape index (κ2) is 6.20. The lowest BCUT2D eigenvalue weighted by Crippen LogP contribution is -2.18. The average Bonchev–Trinajstić information content (AvgIpc) is 2.26. The van der Waals surface area contributed by atoms with Crippen molar-refractivity contribution in [3.8, 4) is 11.5 Å². The first-order valence-corrected chi connectivity index (χ1v) is 5.87. The maximum absolute atomic E-state index is 9.26. The highest BCUT2D eigenvalue weighted by Gasteiger charge is 2.05. The summed E-state index contributed by atoms with van der Waals surface area (Å²) in [4.78, 5) is 0. The highest BCUT2D eigenvalue weighted by atomic mass is 79.9. The summed E-state index contributed by atoms with van der Waals surface area (Å²) in [5.74, 6) is 1.21. The summed E-state index contributed by atoms with van der Waals surface area (Å²) in [6.45, 7) is 0.230. The van der Waals surface area contributed by atoms with Crippen molar-refractivity contribution in [2.75, 3.05) is 19.0 Å². The molecule has 0 saturated heterocycles. The lowest BCUT2D eigenvalue weighted by Gasteiger charge is -2.10. The maximum Gasteiger partial charge on any atom is 0.137 e. The molecule has 0 spiro atoms. The van der Waals surface area contributed by atoms with Gasteiger partial charge in [0.25, 0.3) is 0 Å². The van der Waals surface area contributed by atoms with Crippen molar-refractivity contribution >= 4 is 27.5 Å². The van der Waals surface area contributed by atoms with Crippen LogP contribution in [0.1, 0.15) is 0 Å². The molecule has 1 unspecified atom stereocenters. The average molecular weight is 296 g/mol. The maximum atomic E-state index is 9.26. The summed E-state index contributed by atoms with van der Waals surface area (Å²) in [6, 6.07) is 5.12. The number of halogens is 2. The third kappa shape index (κ3) is 3.89. The molecule has 0 saturated carbocycles. The number of ether oxygens (including phenoxy) is 2. The van der Waals surface area contributed by atoms with Gasteiger partial charge < -0.3 is 14.6 Å². The molecule has 0 heterocycles. The Morgan fingerprint density at radius 1 is 1.53 bits per heavy atom. The predicted octanol–water partition coefficient (Wildman–Crippen LogP) is 2.48. The van der Waals surface area contributed by atoms with Crippen LogP contribution in [0.3, 0.4) is 0 Å². The van der Waals surface area contributed by atoms with Gasteiger partial charge in [0.1, 0.15) is 18.1 Å². The number of aliphatic hydroxyl groups is 1. The molecular weight excluding hydrogens is 283 g/mol. The summed E-state index contributed by atoms with van der Waals surface area (Å²) in [5, 5.41) is 10.2. The molecule has 84 valence electrons. The normalized spacial score (nSPS) is 12.3. The van der Waals surface area contributed by atoms with Crippen molar-refractivity contribution in [2.45, 2.75) is 6.10 Å². The third-order valence-corrected chi connectivity index (χ3v) is 2.79. The first kappa shape index (κ1) is 12.6. The van der Waals surface area contributed by atoms with Gasteiger partial charge in [-0.3, -0.25) is 0 Å². The van der Waals surface area contributed by atoms with Crippen LogP contribution in [0.15, 0.2) is 18.2 Å². The Balaban J connectivity index is 2.59. The minimum atomic E-state index is -0.522. The quantitative estimate of drug-likeness (QED) is 0.848. The van der Waals surface area contributed by atoms with Crippen LogP contribution >= 0.6 is 27.5 Å². The molecule has 0 aliphatic rings. The fourth-order valence-electron chi connectivity index (χ4n) is 0.974. The monoisotopic (exact) mass is 294 g/mol. The van der Waals surface area contributed by atoms with Crippen molar-refractivity contribution in [3.63, 3.8) is 0 Å². The highest BCUT2D eigenvalue weighted by Crippen LogP contribution is 2.28. The molecule has 15 heavy (non-hydrogen) atoms. The van der Waals surface area contributed by atoms with Crippen LogP contribution in [0.25, 0.3) is 0 Å². The number of hydrogen-bond acceptors (Lipinski definition) is 3. The Labute approximate surface area is 102 Å². The molecule has 0 radical (unpaired) electrons. The largest absolute Gasteiger partial charge is 0.495 e. The Hall–Kier alpha value is -0.450. The second-order valence-corrected chi connectivity index (χ2v) is 3.97. The van der Waals surface area contributed by atoms with Crippen molar-refractivity contribution in [3.05, 3.63) is 23.2 Å². The standard InChI is InChI=1S/C10H12BrClO3/c1-14-10-3-2-8(4-9(10)12)15-6-7(13)5-11/h2-4,7,13H,5-6H2,1H3. The SMILES string of the molecule is COc1ccc(OCC(O)CBr)cc1Cl. The van der Waals surface area contributed by atoms with E-state index in [9.17, 15) is 5.11 Å². The molecule has 0 fully saturated rings. The van der Waals surface area contributed by atoms with Crippen LogP contribution in [0.4, 0.5) is 0 Å². The van der Waals surface area contributed by atoms with Gasteiger partial charge in [0.05, 0.1) is 18.2 Å². The van der Waals surface area contributed by atoms with Crippen LogP contribution in [0.5, 0.6) is 11.5 Å². The minimum absolute atomic E-state index is 0.230. The van der Waals surface area contributed by atoms with E-state index in [1.54, 1.807) is 25.3 Å². The third-order valence-electron chi connectivity index (χ3n) is 1.74. The zero-order chi connectivity index (χ0) is 11.3. The van der Waals surface area contributed by atoms with Gasteiger partial charge in [0, 0.05) is 11.4 Å². The molecule has 0 aliphatic carbocycles.